The third-order valence-corrected chi connectivity index (χ3v) is 8.75. The number of carbonyl (C=O) groups is 1. The van der Waals surface area contributed by atoms with Gasteiger partial charge in [-0.2, -0.15) is 0 Å². The van der Waals surface area contributed by atoms with Gasteiger partial charge in [-0.1, -0.05) is 73.4 Å². The quantitative estimate of drug-likeness (QED) is 0.570. The van der Waals surface area contributed by atoms with Crippen molar-refractivity contribution in [3.63, 3.8) is 0 Å². The first-order valence-electron chi connectivity index (χ1n) is 12.1. The van der Waals surface area contributed by atoms with Crippen LogP contribution in [0.2, 0.25) is 10.0 Å². The first kappa shape index (κ1) is 23.2. The standard InChI is InChI=1S/C27H33Cl2N3O/c1-17(2)10-22-25-21-14-31-27(22,26(33)30-13-19-8-9-23(28)24(29)11-19)12-20(21)16-32(25)15-18-6-4-3-5-7-18/h3-9,11,17,20-22,25,31H,10,12-16H2,1-2H3,(H,30,33). The highest BCUT2D eigenvalue weighted by molar-refractivity contribution is 6.42. The Morgan fingerprint density at radius 3 is 2.67 bits per heavy atom. The molecule has 4 nitrogen and oxygen atoms in total. The summed E-state index contributed by atoms with van der Waals surface area (Å²) >= 11 is 12.2. The van der Waals surface area contributed by atoms with Gasteiger partial charge >= 0.3 is 0 Å². The molecule has 4 aliphatic rings. The third-order valence-electron chi connectivity index (χ3n) is 8.01. The number of hydrogen-bond donors (Lipinski definition) is 2. The van der Waals surface area contributed by atoms with Crippen LogP contribution < -0.4 is 10.6 Å². The van der Waals surface area contributed by atoms with Gasteiger partial charge in [0, 0.05) is 38.1 Å². The Bertz CT molecular complexity index is 1010. The van der Waals surface area contributed by atoms with E-state index in [1.165, 1.54) is 5.56 Å². The van der Waals surface area contributed by atoms with Crippen LogP contribution in [0, 0.1) is 23.7 Å². The van der Waals surface area contributed by atoms with E-state index in [9.17, 15) is 4.79 Å². The summed E-state index contributed by atoms with van der Waals surface area (Å²) in [7, 11) is 0. The van der Waals surface area contributed by atoms with Gasteiger partial charge in [-0.3, -0.25) is 9.69 Å². The van der Waals surface area contributed by atoms with Gasteiger partial charge < -0.3 is 10.6 Å². The highest BCUT2D eigenvalue weighted by Gasteiger charge is 2.64. The van der Waals surface area contributed by atoms with Crippen molar-refractivity contribution in [1.29, 1.82) is 0 Å². The maximum absolute atomic E-state index is 13.8. The monoisotopic (exact) mass is 485 g/mol. The van der Waals surface area contributed by atoms with Gasteiger partial charge in [0.1, 0.15) is 5.54 Å². The Labute approximate surface area is 207 Å². The lowest BCUT2D eigenvalue weighted by Crippen LogP contribution is -2.74. The van der Waals surface area contributed by atoms with Gasteiger partial charge in [0.05, 0.1) is 10.0 Å². The summed E-state index contributed by atoms with van der Waals surface area (Å²) < 4.78 is 0. The highest BCUT2D eigenvalue weighted by Crippen LogP contribution is 2.54. The molecular formula is C27H33Cl2N3O. The molecular weight excluding hydrogens is 453 g/mol. The fourth-order valence-electron chi connectivity index (χ4n) is 6.69. The predicted octanol–water partition coefficient (Wildman–Crippen LogP) is 5.13. The van der Waals surface area contributed by atoms with E-state index in [2.05, 4.69) is 59.7 Å². The van der Waals surface area contributed by atoms with Crippen molar-refractivity contribution in [2.45, 2.75) is 51.4 Å². The molecule has 1 amide bonds. The minimum absolute atomic E-state index is 0.133. The Morgan fingerprint density at radius 2 is 1.94 bits per heavy atom. The fourth-order valence-corrected chi connectivity index (χ4v) is 7.01. The first-order valence-corrected chi connectivity index (χ1v) is 12.9. The van der Waals surface area contributed by atoms with Crippen molar-refractivity contribution in [1.82, 2.24) is 15.5 Å². The Balaban J connectivity index is 1.38. The van der Waals surface area contributed by atoms with Gasteiger partial charge in [-0.25, -0.2) is 0 Å². The first-order chi connectivity index (χ1) is 15.9. The number of nitrogens with one attached hydrogen (secondary N) is 2. The smallest absolute Gasteiger partial charge is 0.240 e. The third kappa shape index (κ3) is 4.32. The van der Waals surface area contributed by atoms with Crippen LogP contribution in [0.5, 0.6) is 0 Å². The van der Waals surface area contributed by atoms with E-state index in [1.54, 1.807) is 6.07 Å². The summed E-state index contributed by atoms with van der Waals surface area (Å²) in [6, 6.07) is 16.8. The highest BCUT2D eigenvalue weighted by atomic mass is 35.5. The molecule has 2 N–H and O–H groups in total. The molecule has 176 valence electrons. The molecule has 2 aromatic rings. The van der Waals surface area contributed by atoms with Gasteiger partial charge in [0.15, 0.2) is 0 Å². The maximum atomic E-state index is 13.8. The molecule has 1 saturated carbocycles. The molecule has 33 heavy (non-hydrogen) atoms. The molecule has 0 radical (unpaired) electrons. The summed E-state index contributed by atoms with van der Waals surface area (Å²) in [5.74, 6) is 2.16. The molecule has 0 aromatic heterocycles. The molecule has 4 fully saturated rings. The summed E-state index contributed by atoms with van der Waals surface area (Å²) in [5, 5.41) is 8.04. The van der Waals surface area contributed by atoms with Crippen LogP contribution in [0.25, 0.3) is 0 Å². The molecule has 2 aromatic carbocycles. The maximum Gasteiger partial charge on any atom is 0.240 e. The topological polar surface area (TPSA) is 44.4 Å². The lowest BCUT2D eigenvalue weighted by atomic mass is 9.57. The molecule has 6 rings (SSSR count). The van der Waals surface area contributed by atoms with Gasteiger partial charge in [0.25, 0.3) is 0 Å². The molecule has 5 atom stereocenters. The second-order valence-corrected chi connectivity index (χ2v) is 11.4. The summed E-state index contributed by atoms with van der Waals surface area (Å²) in [5.41, 5.74) is 1.82. The lowest BCUT2D eigenvalue weighted by Gasteiger charge is -2.56. The second-order valence-electron chi connectivity index (χ2n) is 10.6. The number of halogens is 2. The molecule has 1 aliphatic carbocycles. The number of fused-ring (bicyclic) bond motifs is 1. The van der Waals surface area contributed by atoms with Crippen LogP contribution in [-0.4, -0.2) is 35.5 Å². The zero-order valence-electron chi connectivity index (χ0n) is 19.4. The number of benzene rings is 2. The average molecular weight is 486 g/mol. The Hall–Kier alpha value is -1.59. The number of amides is 1. The fraction of sp³-hybridized carbons (Fsp3) is 0.519. The lowest BCUT2D eigenvalue weighted by molar-refractivity contribution is -0.139. The van der Waals surface area contributed by atoms with Crippen molar-refractivity contribution in [2.75, 3.05) is 13.1 Å². The molecule has 3 heterocycles. The molecule has 5 unspecified atom stereocenters. The van der Waals surface area contributed by atoms with Crippen molar-refractivity contribution in [2.24, 2.45) is 23.7 Å². The number of carbonyl (C=O) groups excluding carboxylic acids is 1. The van der Waals surface area contributed by atoms with Crippen LogP contribution >= 0.6 is 23.2 Å². The largest absolute Gasteiger partial charge is 0.350 e. The van der Waals surface area contributed by atoms with E-state index in [4.69, 9.17) is 23.2 Å². The average Bonchev–Trinajstić information content (AvgIpc) is 3.10. The van der Waals surface area contributed by atoms with Crippen molar-refractivity contribution >= 4 is 29.1 Å². The number of piperidine rings is 2. The van der Waals surface area contributed by atoms with Crippen LogP contribution in [-0.2, 0) is 17.9 Å². The van der Waals surface area contributed by atoms with E-state index in [0.29, 0.717) is 46.3 Å². The van der Waals surface area contributed by atoms with Crippen molar-refractivity contribution in [3.8, 4) is 0 Å². The number of nitrogens with zero attached hydrogens (tertiary/aromatic N) is 1. The van der Waals surface area contributed by atoms with E-state index >= 15 is 0 Å². The summed E-state index contributed by atoms with van der Waals surface area (Å²) in [6.07, 6.45) is 1.97. The molecule has 6 heteroatoms. The normalized spacial score (nSPS) is 30.7. The van der Waals surface area contributed by atoms with Crippen molar-refractivity contribution in [3.05, 3.63) is 69.7 Å². The summed E-state index contributed by atoms with van der Waals surface area (Å²) in [4.78, 5) is 16.5. The van der Waals surface area contributed by atoms with E-state index in [0.717, 1.165) is 38.0 Å². The van der Waals surface area contributed by atoms with Crippen LogP contribution in [0.15, 0.2) is 48.5 Å². The van der Waals surface area contributed by atoms with E-state index in [1.807, 2.05) is 12.1 Å². The van der Waals surface area contributed by atoms with Crippen LogP contribution in [0.3, 0.4) is 0 Å². The molecule has 0 spiro atoms. The number of likely N-dealkylation sites (tertiary alicyclic amines) is 1. The molecule has 4 bridgehead atoms. The zero-order valence-corrected chi connectivity index (χ0v) is 20.9. The van der Waals surface area contributed by atoms with Crippen LogP contribution in [0.1, 0.15) is 37.8 Å². The Kier molecular flexibility index (Phi) is 6.47. The van der Waals surface area contributed by atoms with Crippen LogP contribution in [0.4, 0.5) is 0 Å². The zero-order chi connectivity index (χ0) is 23.2. The minimum atomic E-state index is -0.504. The minimum Gasteiger partial charge on any atom is -0.350 e. The molecule has 3 saturated heterocycles. The SMILES string of the molecule is CC(C)CC1C2C3CNC1(C(=O)NCc1ccc(Cl)c(Cl)c1)CC3CN2Cc1ccccc1. The van der Waals surface area contributed by atoms with Crippen molar-refractivity contribution < 1.29 is 4.79 Å². The van der Waals surface area contributed by atoms with Gasteiger partial charge in [-0.05, 0) is 53.9 Å². The van der Waals surface area contributed by atoms with E-state index in [-0.39, 0.29) is 5.91 Å². The molecule has 3 aliphatic heterocycles. The second kappa shape index (κ2) is 9.22. The number of rotatable bonds is 7. The Morgan fingerprint density at radius 1 is 1.15 bits per heavy atom. The van der Waals surface area contributed by atoms with Gasteiger partial charge in [-0.15, -0.1) is 0 Å². The van der Waals surface area contributed by atoms with E-state index < -0.39 is 5.54 Å². The van der Waals surface area contributed by atoms with Gasteiger partial charge in [0.2, 0.25) is 5.91 Å². The predicted molar refractivity (Wildman–Crippen MR) is 134 cm³/mol. The summed E-state index contributed by atoms with van der Waals surface area (Å²) in [6.45, 7) is 7.99. The number of hydrogen-bond acceptors (Lipinski definition) is 3.